The fourth-order valence-corrected chi connectivity index (χ4v) is 2.96. The van der Waals surface area contributed by atoms with Crippen LogP contribution in [0.4, 0.5) is 0 Å². The van der Waals surface area contributed by atoms with Crippen LogP contribution in [0.25, 0.3) is 0 Å². The van der Waals surface area contributed by atoms with Gasteiger partial charge in [0.1, 0.15) is 0 Å². The van der Waals surface area contributed by atoms with Crippen LogP contribution in [0.5, 0.6) is 0 Å². The number of hydroxylamine groups is 1. The molecule has 0 bridgehead atoms. The first kappa shape index (κ1) is 18.7. The van der Waals surface area contributed by atoms with Crippen LogP contribution in [-0.2, 0) is 0 Å². The van der Waals surface area contributed by atoms with Gasteiger partial charge in [-0.15, -0.1) is 0 Å². The van der Waals surface area contributed by atoms with Gasteiger partial charge in [0.25, 0.3) is 0 Å². The summed E-state index contributed by atoms with van der Waals surface area (Å²) in [7, 11) is 0. The second-order valence-electron chi connectivity index (χ2n) is 7.20. The van der Waals surface area contributed by atoms with Crippen molar-refractivity contribution in [2.24, 2.45) is 0 Å². The fourth-order valence-electron chi connectivity index (χ4n) is 2.96. The van der Waals surface area contributed by atoms with Gasteiger partial charge in [0, 0.05) is 18.9 Å². The minimum absolute atomic E-state index is 0.129. The normalized spacial score (nSPS) is 14.2. The zero-order chi connectivity index (χ0) is 17.0. The molecule has 0 fully saturated rings. The van der Waals surface area contributed by atoms with E-state index < -0.39 is 0 Å². The molecule has 0 radical (unpaired) electrons. The third-order valence-corrected chi connectivity index (χ3v) is 4.34. The van der Waals surface area contributed by atoms with Gasteiger partial charge in [0.15, 0.2) is 12.3 Å². The van der Waals surface area contributed by atoms with E-state index in [9.17, 15) is 5.21 Å². The molecule has 0 N–H and O–H groups in total. The lowest BCUT2D eigenvalue weighted by Crippen LogP contribution is -2.17. The maximum Gasteiger partial charge on any atom is 0.185 e. The molecule has 0 spiro atoms. The van der Waals surface area contributed by atoms with Gasteiger partial charge in [-0.1, -0.05) is 60.6 Å². The van der Waals surface area contributed by atoms with E-state index in [0.29, 0.717) is 17.8 Å². The summed E-state index contributed by atoms with van der Waals surface area (Å²) in [6, 6.07) is 4.50. The van der Waals surface area contributed by atoms with Crippen LogP contribution in [0.3, 0.4) is 0 Å². The molecule has 2 heteroatoms. The van der Waals surface area contributed by atoms with Crippen molar-refractivity contribution in [2.45, 2.75) is 85.6 Å². The Balaban J connectivity index is 3.61. The van der Waals surface area contributed by atoms with Crippen LogP contribution in [0.1, 0.15) is 108 Å². The van der Waals surface area contributed by atoms with Crippen molar-refractivity contribution < 1.29 is 4.74 Å². The zero-order valence-electron chi connectivity index (χ0n) is 15.6. The molecule has 0 aliphatic carbocycles. The smallest absolute Gasteiger partial charge is 0.185 e. The van der Waals surface area contributed by atoms with Crippen molar-refractivity contribution in [1.82, 2.24) is 0 Å². The highest BCUT2D eigenvalue weighted by Crippen LogP contribution is 2.36. The lowest BCUT2D eigenvalue weighted by atomic mass is 9.82. The van der Waals surface area contributed by atoms with Crippen molar-refractivity contribution in [1.29, 1.82) is 0 Å². The predicted octanol–water partition coefficient (Wildman–Crippen LogP) is 6.11. The molecule has 0 amide bonds. The van der Waals surface area contributed by atoms with E-state index in [1.54, 1.807) is 6.21 Å². The zero-order valence-corrected chi connectivity index (χ0v) is 15.6. The lowest BCUT2D eigenvalue weighted by Gasteiger charge is -2.25. The van der Waals surface area contributed by atoms with Crippen LogP contribution < -0.4 is 0 Å². The highest BCUT2D eigenvalue weighted by Gasteiger charge is 2.25. The summed E-state index contributed by atoms with van der Waals surface area (Å²) in [5.74, 6) is 1.34. The van der Waals surface area contributed by atoms with E-state index in [4.69, 9.17) is 0 Å². The first-order valence-corrected chi connectivity index (χ1v) is 8.67. The molecule has 0 saturated carbocycles. The molecule has 1 aromatic rings. The van der Waals surface area contributed by atoms with E-state index in [1.807, 2.05) is 13.8 Å². The van der Waals surface area contributed by atoms with Gasteiger partial charge in [-0.3, -0.25) is 0 Å². The van der Waals surface area contributed by atoms with Crippen molar-refractivity contribution >= 4 is 6.21 Å². The maximum atomic E-state index is 12.4. The number of nitrogens with zero attached hydrogens (tertiary/aromatic N) is 1. The van der Waals surface area contributed by atoms with E-state index in [0.717, 1.165) is 11.2 Å². The summed E-state index contributed by atoms with van der Waals surface area (Å²) in [5, 5.41) is 12.4. The molecule has 1 aromatic carbocycles. The fraction of sp³-hybridized carbons (Fsp3) is 0.650. The molecular weight excluding hydrogens is 270 g/mol. The Hall–Kier alpha value is -1.31. The molecule has 124 valence electrons. The number of benzene rings is 1. The number of hydrogen-bond acceptors (Lipinski definition) is 1. The van der Waals surface area contributed by atoms with Crippen LogP contribution in [-0.4, -0.2) is 11.0 Å². The summed E-state index contributed by atoms with van der Waals surface area (Å²) in [4.78, 5) is 0. The Bertz CT molecular complexity index is 498. The minimum Gasteiger partial charge on any atom is -0.624 e. The van der Waals surface area contributed by atoms with Crippen LogP contribution in [0.2, 0.25) is 0 Å². The van der Waals surface area contributed by atoms with Crippen LogP contribution >= 0.6 is 0 Å². The Kier molecular flexibility index (Phi) is 6.65. The highest BCUT2D eigenvalue weighted by atomic mass is 16.5. The quantitative estimate of drug-likeness (QED) is 0.269. The van der Waals surface area contributed by atoms with Gasteiger partial charge in [-0.05, 0) is 34.4 Å². The standard InChI is InChI=1S/C20H33NO/c1-9-10-21(22)16(8)20-18(14(4)5)11-17(13(2)3)12-19(20)15(6)7/h10-16H,9H2,1-8H3/b21-10-/t16-/m1/s1. The molecule has 2 nitrogen and oxygen atoms in total. The molecular formula is C20H33NO. The van der Waals surface area contributed by atoms with E-state index in [2.05, 4.69) is 53.7 Å². The summed E-state index contributed by atoms with van der Waals surface area (Å²) in [6.07, 6.45) is 2.52. The van der Waals surface area contributed by atoms with Gasteiger partial charge < -0.3 is 5.21 Å². The van der Waals surface area contributed by atoms with Gasteiger partial charge in [-0.2, -0.15) is 0 Å². The first-order chi connectivity index (χ1) is 10.2. The molecule has 22 heavy (non-hydrogen) atoms. The number of rotatable bonds is 6. The monoisotopic (exact) mass is 303 g/mol. The predicted molar refractivity (Wildman–Crippen MR) is 97.1 cm³/mol. The van der Waals surface area contributed by atoms with E-state index in [-0.39, 0.29) is 6.04 Å². The highest BCUT2D eigenvalue weighted by molar-refractivity contribution is 5.51. The molecule has 0 aliphatic rings. The molecule has 0 saturated heterocycles. The van der Waals surface area contributed by atoms with Gasteiger partial charge in [0.2, 0.25) is 0 Å². The maximum absolute atomic E-state index is 12.4. The summed E-state index contributed by atoms with van der Waals surface area (Å²) >= 11 is 0. The molecule has 0 aromatic heterocycles. The van der Waals surface area contributed by atoms with Crippen molar-refractivity contribution in [3.8, 4) is 0 Å². The topological polar surface area (TPSA) is 26.1 Å². The van der Waals surface area contributed by atoms with E-state index in [1.165, 1.54) is 22.3 Å². The van der Waals surface area contributed by atoms with Crippen molar-refractivity contribution in [3.63, 3.8) is 0 Å². The molecule has 0 heterocycles. The average molecular weight is 303 g/mol. The molecule has 1 rings (SSSR count). The molecule has 1 atom stereocenters. The molecule has 0 unspecified atom stereocenters. The summed E-state index contributed by atoms with van der Waals surface area (Å²) in [5.41, 5.74) is 5.26. The first-order valence-electron chi connectivity index (χ1n) is 8.67. The second kappa shape index (κ2) is 7.80. The summed E-state index contributed by atoms with van der Waals surface area (Å²) in [6.45, 7) is 17.4. The number of hydrogen-bond donors (Lipinski definition) is 0. The Morgan fingerprint density at radius 2 is 1.36 bits per heavy atom. The van der Waals surface area contributed by atoms with E-state index >= 15 is 0 Å². The Morgan fingerprint density at radius 3 is 1.68 bits per heavy atom. The minimum atomic E-state index is -0.129. The van der Waals surface area contributed by atoms with Gasteiger partial charge in [-0.25, -0.2) is 4.74 Å². The van der Waals surface area contributed by atoms with Crippen molar-refractivity contribution in [3.05, 3.63) is 39.6 Å². The Morgan fingerprint density at radius 1 is 0.909 bits per heavy atom. The van der Waals surface area contributed by atoms with Crippen molar-refractivity contribution in [2.75, 3.05) is 0 Å². The SMILES string of the molecule is CC/C=[N+](\[O-])[C@H](C)c1c(C(C)C)cc(C(C)C)cc1C(C)C. The second-order valence-corrected chi connectivity index (χ2v) is 7.20. The third kappa shape index (κ3) is 4.12. The van der Waals surface area contributed by atoms with Gasteiger partial charge >= 0.3 is 0 Å². The average Bonchev–Trinajstić information content (AvgIpc) is 2.44. The van der Waals surface area contributed by atoms with Gasteiger partial charge in [0.05, 0.1) is 0 Å². The largest absolute Gasteiger partial charge is 0.624 e. The third-order valence-electron chi connectivity index (χ3n) is 4.34. The lowest BCUT2D eigenvalue weighted by molar-refractivity contribution is -0.499. The molecule has 0 aliphatic heterocycles. The van der Waals surface area contributed by atoms with Crippen LogP contribution in [0, 0.1) is 5.21 Å². The summed E-state index contributed by atoms with van der Waals surface area (Å²) < 4.78 is 1.13. The Labute approximate surface area is 136 Å². The van der Waals surface area contributed by atoms with Crippen LogP contribution in [0.15, 0.2) is 12.1 Å².